The van der Waals surface area contributed by atoms with Crippen LogP contribution in [0, 0.1) is 5.92 Å². The molecule has 0 radical (unpaired) electrons. The van der Waals surface area contributed by atoms with Crippen molar-refractivity contribution < 1.29 is 18.3 Å². The molecular formula is C14H24F2N2O2. The van der Waals surface area contributed by atoms with Crippen LogP contribution in [0.15, 0.2) is 0 Å². The first-order chi connectivity index (χ1) is 9.37. The Labute approximate surface area is 118 Å². The van der Waals surface area contributed by atoms with E-state index in [2.05, 4.69) is 19.2 Å². The summed E-state index contributed by atoms with van der Waals surface area (Å²) >= 11 is 0. The fourth-order valence-electron chi connectivity index (χ4n) is 2.68. The van der Waals surface area contributed by atoms with Gasteiger partial charge in [0.05, 0.1) is 18.7 Å². The largest absolute Gasteiger partial charge is 0.378 e. The van der Waals surface area contributed by atoms with Crippen molar-refractivity contribution in [2.24, 2.45) is 5.92 Å². The van der Waals surface area contributed by atoms with Crippen LogP contribution in [0.25, 0.3) is 0 Å². The maximum absolute atomic E-state index is 13.1. The van der Waals surface area contributed by atoms with Gasteiger partial charge in [0.2, 0.25) is 5.91 Å². The zero-order valence-corrected chi connectivity index (χ0v) is 12.2. The fraction of sp³-hybridized carbons (Fsp3) is 0.929. The lowest BCUT2D eigenvalue weighted by Gasteiger charge is -2.33. The van der Waals surface area contributed by atoms with Gasteiger partial charge in [-0.1, -0.05) is 13.8 Å². The van der Waals surface area contributed by atoms with Crippen LogP contribution in [-0.2, 0) is 9.53 Å². The number of piperidine rings is 1. The van der Waals surface area contributed by atoms with Crippen molar-refractivity contribution in [1.29, 1.82) is 0 Å². The molecule has 2 aliphatic rings. The van der Waals surface area contributed by atoms with E-state index in [1.165, 1.54) is 0 Å². The number of likely N-dealkylation sites (tertiary alicyclic amines) is 1. The summed E-state index contributed by atoms with van der Waals surface area (Å²) in [6.45, 7) is 5.75. The summed E-state index contributed by atoms with van der Waals surface area (Å²) < 4.78 is 32.0. The number of carbonyl (C=O) groups excluding carboxylic acids is 1. The number of hydrogen-bond acceptors (Lipinski definition) is 3. The molecule has 2 fully saturated rings. The summed E-state index contributed by atoms with van der Waals surface area (Å²) in [5, 5.41) is 2.62. The van der Waals surface area contributed by atoms with Crippen LogP contribution in [0.1, 0.15) is 33.1 Å². The SMILES string of the molecule is CC(C)COC1CCN(C(=O)C2CC(F)(F)CN2)CC1. The van der Waals surface area contributed by atoms with Crippen molar-refractivity contribution in [1.82, 2.24) is 10.2 Å². The van der Waals surface area contributed by atoms with Crippen LogP contribution in [0.4, 0.5) is 8.78 Å². The van der Waals surface area contributed by atoms with Crippen molar-refractivity contribution in [3.05, 3.63) is 0 Å². The highest BCUT2D eigenvalue weighted by molar-refractivity contribution is 5.82. The van der Waals surface area contributed by atoms with E-state index in [4.69, 9.17) is 4.74 Å². The topological polar surface area (TPSA) is 41.6 Å². The van der Waals surface area contributed by atoms with Crippen LogP contribution in [-0.4, -0.2) is 55.1 Å². The molecule has 0 aromatic carbocycles. The number of rotatable bonds is 4. The lowest BCUT2D eigenvalue weighted by Crippen LogP contribution is -2.48. The van der Waals surface area contributed by atoms with E-state index in [9.17, 15) is 13.6 Å². The highest BCUT2D eigenvalue weighted by atomic mass is 19.3. The Bertz CT molecular complexity index is 342. The van der Waals surface area contributed by atoms with E-state index in [1.807, 2.05) is 0 Å². The van der Waals surface area contributed by atoms with Gasteiger partial charge >= 0.3 is 0 Å². The number of amides is 1. The standard InChI is InChI=1S/C14H24F2N2O2/c1-10(2)8-20-11-3-5-18(6-4-11)13(19)12-7-14(15,16)9-17-12/h10-12,17H,3-9H2,1-2H3. The molecule has 2 rings (SSSR count). The van der Waals surface area contributed by atoms with Gasteiger partial charge in [-0.15, -0.1) is 0 Å². The van der Waals surface area contributed by atoms with Gasteiger partial charge in [0.25, 0.3) is 5.92 Å². The number of carbonyl (C=O) groups is 1. The van der Waals surface area contributed by atoms with Crippen molar-refractivity contribution in [3.8, 4) is 0 Å². The van der Waals surface area contributed by atoms with E-state index in [-0.39, 0.29) is 18.4 Å². The van der Waals surface area contributed by atoms with Crippen LogP contribution in [0.5, 0.6) is 0 Å². The van der Waals surface area contributed by atoms with E-state index in [1.54, 1.807) is 4.90 Å². The molecule has 0 saturated carbocycles. The smallest absolute Gasteiger partial charge is 0.262 e. The van der Waals surface area contributed by atoms with Crippen molar-refractivity contribution in [2.45, 2.75) is 51.2 Å². The summed E-state index contributed by atoms with van der Waals surface area (Å²) in [6.07, 6.45) is 1.40. The van der Waals surface area contributed by atoms with Gasteiger partial charge in [0, 0.05) is 26.1 Å². The number of hydrogen-bond donors (Lipinski definition) is 1. The van der Waals surface area contributed by atoms with Crippen molar-refractivity contribution in [2.75, 3.05) is 26.2 Å². The minimum atomic E-state index is -2.75. The summed E-state index contributed by atoms with van der Waals surface area (Å²) in [7, 11) is 0. The van der Waals surface area contributed by atoms with Crippen molar-refractivity contribution >= 4 is 5.91 Å². The van der Waals surface area contributed by atoms with E-state index in [0.717, 1.165) is 19.4 Å². The summed E-state index contributed by atoms with van der Waals surface area (Å²) in [5.41, 5.74) is 0. The molecule has 0 aromatic heterocycles. The molecule has 20 heavy (non-hydrogen) atoms. The average Bonchev–Trinajstić information content (AvgIpc) is 2.76. The predicted molar refractivity (Wildman–Crippen MR) is 71.7 cm³/mol. The first-order valence-electron chi connectivity index (χ1n) is 7.39. The Balaban J connectivity index is 1.75. The Hall–Kier alpha value is -0.750. The highest BCUT2D eigenvalue weighted by Gasteiger charge is 2.43. The Morgan fingerprint density at radius 3 is 2.55 bits per heavy atom. The minimum Gasteiger partial charge on any atom is -0.378 e. The molecule has 2 heterocycles. The summed E-state index contributed by atoms with van der Waals surface area (Å²) in [6, 6.07) is -0.724. The third kappa shape index (κ3) is 4.12. The molecule has 6 heteroatoms. The number of nitrogens with zero attached hydrogens (tertiary/aromatic N) is 1. The lowest BCUT2D eigenvalue weighted by molar-refractivity contribution is -0.136. The Morgan fingerprint density at radius 1 is 1.40 bits per heavy atom. The van der Waals surface area contributed by atoms with Crippen LogP contribution in [0.2, 0.25) is 0 Å². The third-order valence-corrected chi connectivity index (χ3v) is 3.83. The molecule has 1 unspecified atom stereocenters. The zero-order valence-electron chi connectivity index (χ0n) is 12.2. The first-order valence-corrected chi connectivity index (χ1v) is 7.39. The van der Waals surface area contributed by atoms with Gasteiger partial charge in [-0.2, -0.15) is 0 Å². The van der Waals surface area contributed by atoms with E-state index in [0.29, 0.717) is 19.0 Å². The fourth-order valence-corrected chi connectivity index (χ4v) is 2.68. The Morgan fingerprint density at radius 2 is 2.05 bits per heavy atom. The molecular weight excluding hydrogens is 266 g/mol. The molecule has 0 aliphatic carbocycles. The second-order valence-corrected chi connectivity index (χ2v) is 6.25. The molecule has 1 amide bonds. The van der Waals surface area contributed by atoms with Gasteiger partial charge in [-0.05, 0) is 18.8 Å². The second kappa shape index (κ2) is 6.35. The molecule has 1 N–H and O–H groups in total. The van der Waals surface area contributed by atoms with Crippen LogP contribution >= 0.6 is 0 Å². The maximum atomic E-state index is 13.1. The van der Waals surface area contributed by atoms with Crippen LogP contribution < -0.4 is 5.32 Å². The molecule has 4 nitrogen and oxygen atoms in total. The zero-order chi connectivity index (χ0) is 14.8. The lowest BCUT2D eigenvalue weighted by atomic mass is 10.1. The highest BCUT2D eigenvalue weighted by Crippen LogP contribution is 2.27. The van der Waals surface area contributed by atoms with Gasteiger partial charge in [0.1, 0.15) is 0 Å². The number of alkyl halides is 2. The quantitative estimate of drug-likeness (QED) is 0.856. The normalized spacial score (nSPS) is 27.2. The van der Waals surface area contributed by atoms with Crippen molar-refractivity contribution in [3.63, 3.8) is 0 Å². The number of ether oxygens (including phenoxy) is 1. The molecule has 0 bridgehead atoms. The van der Waals surface area contributed by atoms with E-state index < -0.39 is 18.5 Å². The first kappa shape index (κ1) is 15.6. The van der Waals surface area contributed by atoms with Gasteiger partial charge < -0.3 is 9.64 Å². The van der Waals surface area contributed by atoms with Crippen LogP contribution in [0.3, 0.4) is 0 Å². The van der Waals surface area contributed by atoms with Gasteiger partial charge in [-0.3, -0.25) is 10.1 Å². The monoisotopic (exact) mass is 290 g/mol. The molecule has 0 spiro atoms. The summed E-state index contributed by atoms with van der Waals surface area (Å²) in [5.74, 6) is -2.44. The minimum absolute atomic E-state index is 0.190. The molecule has 2 aliphatic heterocycles. The van der Waals surface area contributed by atoms with Gasteiger partial charge in [0.15, 0.2) is 0 Å². The third-order valence-electron chi connectivity index (χ3n) is 3.83. The molecule has 2 saturated heterocycles. The predicted octanol–water partition coefficient (Wildman–Crippen LogP) is 1.65. The molecule has 0 aromatic rings. The number of halogens is 2. The van der Waals surface area contributed by atoms with Gasteiger partial charge in [-0.25, -0.2) is 8.78 Å². The molecule has 1 atom stereocenters. The summed E-state index contributed by atoms with van der Waals surface area (Å²) in [4.78, 5) is 13.8. The number of nitrogens with one attached hydrogen (secondary N) is 1. The second-order valence-electron chi connectivity index (χ2n) is 6.25. The average molecular weight is 290 g/mol. The molecule has 116 valence electrons. The van der Waals surface area contributed by atoms with E-state index >= 15 is 0 Å². The Kier molecular flexibility index (Phi) is 4.96. The maximum Gasteiger partial charge on any atom is 0.262 e.